The molecule has 1 amide bonds. The van der Waals surface area contributed by atoms with Crippen molar-refractivity contribution in [1.29, 1.82) is 0 Å². The molecular formula is C19H17FN2O3S. The van der Waals surface area contributed by atoms with Gasteiger partial charge in [-0.2, -0.15) is 0 Å². The molecule has 26 heavy (non-hydrogen) atoms. The first kappa shape index (κ1) is 17.9. The van der Waals surface area contributed by atoms with E-state index < -0.39 is 0 Å². The average molecular weight is 372 g/mol. The van der Waals surface area contributed by atoms with E-state index in [1.807, 2.05) is 6.07 Å². The molecule has 1 N–H and O–H groups in total. The zero-order chi connectivity index (χ0) is 18.5. The molecule has 3 aromatic rings. The van der Waals surface area contributed by atoms with Gasteiger partial charge in [-0.15, -0.1) is 11.3 Å². The summed E-state index contributed by atoms with van der Waals surface area (Å²) < 4.78 is 24.3. The van der Waals surface area contributed by atoms with Crippen LogP contribution < -0.4 is 14.8 Å². The number of nitrogens with zero attached hydrogens (tertiary/aromatic N) is 1. The fraction of sp³-hybridized carbons (Fsp3) is 0.158. The Kier molecular flexibility index (Phi) is 5.48. The van der Waals surface area contributed by atoms with Crippen LogP contribution in [0.25, 0.3) is 10.6 Å². The van der Waals surface area contributed by atoms with Crippen molar-refractivity contribution < 1.29 is 18.7 Å². The molecule has 0 unspecified atom stereocenters. The number of methoxy groups -OCH3 is 2. The normalized spacial score (nSPS) is 10.4. The van der Waals surface area contributed by atoms with Crippen LogP contribution in [0.4, 0.5) is 4.39 Å². The zero-order valence-electron chi connectivity index (χ0n) is 14.3. The predicted octanol–water partition coefficient (Wildman–Crippen LogP) is 3.90. The monoisotopic (exact) mass is 372 g/mol. The van der Waals surface area contributed by atoms with E-state index in [9.17, 15) is 9.18 Å². The van der Waals surface area contributed by atoms with Gasteiger partial charge in [-0.25, -0.2) is 9.37 Å². The standard InChI is InChI=1S/C19H17FN2O3S/c1-24-13-8-7-12(16(9-13)25-2)10-21-18(23)17-11-22-19(26-17)14-5-3-4-6-15(14)20/h3-9,11H,10H2,1-2H3,(H,21,23). The van der Waals surface area contributed by atoms with Crippen LogP contribution in [-0.4, -0.2) is 25.1 Å². The molecular weight excluding hydrogens is 355 g/mol. The number of amides is 1. The molecule has 0 aliphatic rings. The van der Waals surface area contributed by atoms with Crippen LogP contribution in [0, 0.1) is 5.82 Å². The minimum absolute atomic E-state index is 0.275. The predicted molar refractivity (Wildman–Crippen MR) is 98.2 cm³/mol. The minimum Gasteiger partial charge on any atom is -0.497 e. The molecule has 0 atom stereocenters. The summed E-state index contributed by atoms with van der Waals surface area (Å²) in [7, 11) is 3.14. The van der Waals surface area contributed by atoms with E-state index >= 15 is 0 Å². The third-order valence-electron chi connectivity index (χ3n) is 3.77. The summed E-state index contributed by atoms with van der Waals surface area (Å²) in [6.45, 7) is 0.291. The summed E-state index contributed by atoms with van der Waals surface area (Å²) in [4.78, 5) is 16.9. The van der Waals surface area contributed by atoms with Crippen molar-refractivity contribution in [2.45, 2.75) is 6.54 Å². The first-order chi connectivity index (χ1) is 12.6. The van der Waals surface area contributed by atoms with Crippen molar-refractivity contribution >= 4 is 17.2 Å². The zero-order valence-corrected chi connectivity index (χ0v) is 15.1. The van der Waals surface area contributed by atoms with Crippen molar-refractivity contribution in [3.05, 3.63) is 64.9 Å². The molecule has 1 aromatic heterocycles. The second-order valence-corrected chi connectivity index (χ2v) is 6.40. The molecule has 0 aliphatic carbocycles. The van der Waals surface area contributed by atoms with Crippen LogP contribution in [0.15, 0.2) is 48.7 Å². The van der Waals surface area contributed by atoms with Gasteiger partial charge >= 0.3 is 0 Å². The molecule has 5 nitrogen and oxygen atoms in total. The van der Waals surface area contributed by atoms with Crippen molar-refractivity contribution in [3.63, 3.8) is 0 Å². The third-order valence-corrected chi connectivity index (χ3v) is 4.80. The van der Waals surface area contributed by atoms with Gasteiger partial charge in [-0.1, -0.05) is 12.1 Å². The van der Waals surface area contributed by atoms with Gasteiger partial charge in [-0.05, 0) is 24.3 Å². The van der Waals surface area contributed by atoms with E-state index in [-0.39, 0.29) is 11.7 Å². The lowest BCUT2D eigenvalue weighted by molar-refractivity contribution is 0.0954. The summed E-state index contributed by atoms with van der Waals surface area (Å²) >= 11 is 1.15. The Hall–Kier alpha value is -2.93. The Morgan fingerprint density at radius 3 is 2.73 bits per heavy atom. The maximum Gasteiger partial charge on any atom is 0.263 e. The van der Waals surface area contributed by atoms with Crippen LogP contribution in [0.1, 0.15) is 15.2 Å². The van der Waals surface area contributed by atoms with Crippen LogP contribution in [0.3, 0.4) is 0 Å². The van der Waals surface area contributed by atoms with Crippen LogP contribution in [0.2, 0.25) is 0 Å². The summed E-state index contributed by atoms with van der Waals surface area (Å²) in [6.07, 6.45) is 1.45. The van der Waals surface area contributed by atoms with Gasteiger partial charge in [0.25, 0.3) is 5.91 Å². The van der Waals surface area contributed by atoms with Gasteiger partial charge in [0, 0.05) is 23.7 Å². The average Bonchev–Trinajstić information content (AvgIpc) is 3.16. The fourth-order valence-corrected chi connectivity index (χ4v) is 3.26. The van der Waals surface area contributed by atoms with Crippen LogP contribution in [-0.2, 0) is 6.54 Å². The topological polar surface area (TPSA) is 60.5 Å². The fourth-order valence-electron chi connectivity index (χ4n) is 2.40. The quantitative estimate of drug-likeness (QED) is 0.713. The molecule has 0 aliphatic heterocycles. The number of ether oxygens (including phenoxy) is 2. The summed E-state index contributed by atoms with van der Waals surface area (Å²) in [5.74, 6) is 0.662. The molecule has 2 aromatic carbocycles. The third kappa shape index (κ3) is 3.83. The minimum atomic E-state index is -0.364. The highest BCUT2D eigenvalue weighted by molar-refractivity contribution is 7.16. The van der Waals surface area contributed by atoms with Crippen molar-refractivity contribution in [1.82, 2.24) is 10.3 Å². The highest BCUT2D eigenvalue weighted by Crippen LogP contribution is 2.28. The SMILES string of the molecule is COc1ccc(CNC(=O)c2cnc(-c3ccccc3F)s2)c(OC)c1. The molecule has 0 spiro atoms. The highest BCUT2D eigenvalue weighted by Gasteiger charge is 2.14. The Bertz CT molecular complexity index is 927. The van der Waals surface area contributed by atoms with Crippen molar-refractivity contribution in [3.8, 4) is 22.1 Å². The molecule has 0 bridgehead atoms. The molecule has 7 heteroatoms. The van der Waals surface area contributed by atoms with E-state index in [4.69, 9.17) is 9.47 Å². The van der Waals surface area contributed by atoms with E-state index in [0.29, 0.717) is 33.5 Å². The van der Waals surface area contributed by atoms with Gasteiger partial charge in [0.2, 0.25) is 0 Å². The van der Waals surface area contributed by atoms with Crippen molar-refractivity contribution in [2.24, 2.45) is 0 Å². The maximum atomic E-state index is 13.8. The smallest absolute Gasteiger partial charge is 0.263 e. The Labute approximate surface area is 154 Å². The summed E-state index contributed by atoms with van der Waals surface area (Å²) in [5, 5.41) is 3.29. The number of carbonyl (C=O) groups is 1. The van der Waals surface area contributed by atoms with E-state index in [0.717, 1.165) is 16.9 Å². The molecule has 0 saturated carbocycles. The largest absolute Gasteiger partial charge is 0.497 e. The number of halogens is 1. The molecule has 0 fully saturated rings. The van der Waals surface area contributed by atoms with E-state index in [1.165, 1.54) is 12.3 Å². The Balaban J connectivity index is 1.71. The lowest BCUT2D eigenvalue weighted by Gasteiger charge is -2.10. The lowest BCUT2D eigenvalue weighted by atomic mass is 10.2. The Morgan fingerprint density at radius 2 is 2.00 bits per heavy atom. The van der Waals surface area contributed by atoms with E-state index in [2.05, 4.69) is 10.3 Å². The number of benzene rings is 2. The van der Waals surface area contributed by atoms with Gasteiger partial charge in [0.1, 0.15) is 27.2 Å². The second-order valence-electron chi connectivity index (χ2n) is 5.37. The molecule has 134 valence electrons. The Morgan fingerprint density at radius 1 is 1.19 bits per heavy atom. The maximum absolute atomic E-state index is 13.8. The summed E-state index contributed by atoms with van der Waals surface area (Å²) in [5.41, 5.74) is 1.20. The molecule has 0 saturated heterocycles. The molecule has 1 heterocycles. The molecule has 3 rings (SSSR count). The number of hydrogen-bond acceptors (Lipinski definition) is 5. The number of aromatic nitrogens is 1. The number of nitrogens with one attached hydrogen (secondary N) is 1. The van der Waals surface area contributed by atoms with Crippen LogP contribution in [0.5, 0.6) is 11.5 Å². The van der Waals surface area contributed by atoms with Crippen molar-refractivity contribution in [2.75, 3.05) is 14.2 Å². The number of carbonyl (C=O) groups excluding carboxylic acids is 1. The highest BCUT2D eigenvalue weighted by atomic mass is 32.1. The summed E-state index contributed by atoms with van der Waals surface area (Å²) in [6, 6.07) is 11.7. The van der Waals surface area contributed by atoms with Gasteiger partial charge < -0.3 is 14.8 Å². The first-order valence-corrected chi connectivity index (χ1v) is 8.64. The lowest BCUT2D eigenvalue weighted by Crippen LogP contribution is -2.22. The van der Waals surface area contributed by atoms with Gasteiger partial charge in [0.15, 0.2) is 0 Å². The second kappa shape index (κ2) is 7.97. The van der Waals surface area contributed by atoms with E-state index in [1.54, 1.807) is 44.6 Å². The van der Waals surface area contributed by atoms with Gasteiger partial charge in [-0.3, -0.25) is 4.79 Å². The number of hydrogen-bond donors (Lipinski definition) is 1. The molecule has 0 radical (unpaired) electrons. The number of rotatable bonds is 6. The first-order valence-electron chi connectivity index (χ1n) is 7.82. The number of thiazole rings is 1. The van der Waals surface area contributed by atoms with Gasteiger partial charge in [0.05, 0.1) is 20.4 Å². The van der Waals surface area contributed by atoms with Crippen LogP contribution >= 0.6 is 11.3 Å².